The van der Waals surface area contributed by atoms with E-state index in [1.165, 1.54) is 6.08 Å². The molecule has 3 nitrogen and oxygen atoms in total. The summed E-state index contributed by atoms with van der Waals surface area (Å²) in [7, 11) is 0. The highest BCUT2D eigenvalue weighted by atomic mass is 16.5. The highest BCUT2D eigenvalue weighted by Gasteiger charge is 1.93. The molecule has 0 N–H and O–H groups in total. The number of benzene rings is 1. The molecule has 0 aliphatic heterocycles. The molecule has 1 aromatic rings. The summed E-state index contributed by atoms with van der Waals surface area (Å²) in [4.78, 5) is 13.3. The number of isocyanates is 1. The largest absolute Gasteiger partial charge is 0.494 e. The predicted molar refractivity (Wildman–Crippen MR) is 54.3 cm³/mol. The summed E-state index contributed by atoms with van der Waals surface area (Å²) < 4.78 is 5.30. The van der Waals surface area contributed by atoms with E-state index in [0.29, 0.717) is 13.2 Å². The molecule has 0 saturated carbocycles. The van der Waals surface area contributed by atoms with E-state index in [-0.39, 0.29) is 0 Å². The average molecular weight is 191 g/mol. The van der Waals surface area contributed by atoms with Crippen LogP contribution in [0.15, 0.2) is 29.3 Å². The van der Waals surface area contributed by atoms with E-state index in [2.05, 4.69) is 4.99 Å². The number of aliphatic imine (C=N–C) groups is 1. The van der Waals surface area contributed by atoms with E-state index in [1.807, 2.05) is 31.2 Å². The van der Waals surface area contributed by atoms with Crippen molar-refractivity contribution in [1.29, 1.82) is 0 Å². The minimum absolute atomic E-state index is 0.498. The average Bonchev–Trinajstić information content (AvgIpc) is 2.21. The van der Waals surface area contributed by atoms with Crippen molar-refractivity contribution in [3.8, 4) is 5.75 Å². The van der Waals surface area contributed by atoms with Crippen LogP contribution in [0.5, 0.6) is 5.75 Å². The summed E-state index contributed by atoms with van der Waals surface area (Å²) in [5, 5.41) is 0. The summed E-state index contributed by atoms with van der Waals surface area (Å²) in [5.74, 6) is 0.870. The molecule has 0 saturated heterocycles. The van der Waals surface area contributed by atoms with Crippen LogP contribution < -0.4 is 4.74 Å². The first-order valence-electron chi connectivity index (χ1n) is 4.62. The topological polar surface area (TPSA) is 38.7 Å². The molecule has 0 heterocycles. The van der Waals surface area contributed by atoms with Crippen LogP contribution in [0.3, 0.4) is 0 Å². The second kappa shape index (κ2) is 5.95. The van der Waals surface area contributed by atoms with Gasteiger partial charge in [-0.05, 0) is 31.0 Å². The maximum Gasteiger partial charge on any atom is 0.234 e. The Morgan fingerprint density at radius 3 is 2.64 bits per heavy atom. The molecule has 3 heteroatoms. The van der Waals surface area contributed by atoms with Gasteiger partial charge in [-0.2, -0.15) is 0 Å². The van der Waals surface area contributed by atoms with Crippen molar-refractivity contribution in [3.05, 3.63) is 29.8 Å². The SMILES string of the molecule is CCOc1ccc(CCN=C=O)cc1. The van der Waals surface area contributed by atoms with Crippen LogP contribution in [-0.2, 0) is 11.2 Å². The van der Waals surface area contributed by atoms with Crippen LogP contribution >= 0.6 is 0 Å². The molecule has 0 atom stereocenters. The molecule has 1 aromatic carbocycles. The zero-order valence-electron chi connectivity index (χ0n) is 8.19. The highest BCUT2D eigenvalue weighted by molar-refractivity contribution is 5.33. The summed E-state index contributed by atoms with van der Waals surface area (Å²) in [6.45, 7) is 3.12. The number of hydrogen-bond acceptors (Lipinski definition) is 3. The van der Waals surface area contributed by atoms with Gasteiger partial charge in [0.05, 0.1) is 13.2 Å². The minimum Gasteiger partial charge on any atom is -0.494 e. The molecule has 0 aliphatic carbocycles. The smallest absolute Gasteiger partial charge is 0.234 e. The van der Waals surface area contributed by atoms with Crippen LogP contribution in [0.2, 0.25) is 0 Å². The van der Waals surface area contributed by atoms with E-state index in [0.717, 1.165) is 17.7 Å². The Kier molecular flexibility index (Phi) is 4.45. The van der Waals surface area contributed by atoms with E-state index in [4.69, 9.17) is 4.74 Å². The van der Waals surface area contributed by atoms with Crippen molar-refractivity contribution in [1.82, 2.24) is 0 Å². The van der Waals surface area contributed by atoms with Crippen LogP contribution in [0, 0.1) is 0 Å². The van der Waals surface area contributed by atoms with Crippen LogP contribution in [0.1, 0.15) is 12.5 Å². The summed E-state index contributed by atoms with van der Waals surface area (Å²) in [5.41, 5.74) is 1.15. The third-order valence-electron chi connectivity index (χ3n) is 1.81. The summed E-state index contributed by atoms with van der Waals surface area (Å²) >= 11 is 0. The summed E-state index contributed by atoms with van der Waals surface area (Å²) in [6.07, 6.45) is 2.29. The van der Waals surface area contributed by atoms with Crippen molar-refractivity contribution < 1.29 is 9.53 Å². The quantitative estimate of drug-likeness (QED) is 0.527. The Morgan fingerprint density at radius 2 is 2.07 bits per heavy atom. The summed E-state index contributed by atoms with van der Waals surface area (Å²) in [6, 6.07) is 7.80. The van der Waals surface area contributed by atoms with Crippen LogP contribution in [0.25, 0.3) is 0 Å². The zero-order valence-corrected chi connectivity index (χ0v) is 8.19. The van der Waals surface area contributed by atoms with Gasteiger partial charge in [0.15, 0.2) is 0 Å². The number of ether oxygens (including phenoxy) is 1. The van der Waals surface area contributed by atoms with Gasteiger partial charge in [-0.1, -0.05) is 12.1 Å². The molecule has 1 rings (SSSR count). The Bertz CT molecular complexity index is 313. The fraction of sp³-hybridized carbons (Fsp3) is 0.364. The lowest BCUT2D eigenvalue weighted by Gasteiger charge is -2.03. The van der Waals surface area contributed by atoms with Gasteiger partial charge in [-0.25, -0.2) is 9.79 Å². The molecule has 0 bridgehead atoms. The molecular weight excluding hydrogens is 178 g/mol. The molecule has 0 radical (unpaired) electrons. The van der Waals surface area contributed by atoms with Gasteiger partial charge in [0.1, 0.15) is 5.75 Å². The first-order chi connectivity index (χ1) is 6.86. The normalized spacial score (nSPS) is 9.21. The lowest BCUT2D eigenvalue weighted by atomic mass is 10.1. The first kappa shape index (κ1) is 10.5. The van der Waals surface area contributed by atoms with E-state index in [1.54, 1.807) is 0 Å². The highest BCUT2D eigenvalue weighted by Crippen LogP contribution is 2.12. The van der Waals surface area contributed by atoms with Crippen LogP contribution in [0.4, 0.5) is 0 Å². The maximum atomic E-state index is 9.82. The molecule has 14 heavy (non-hydrogen) atoms. The monoisotopic (exact) mass is 191 g/mol. The van der Waals surface area contributed by atoms with Gasteiger partial charge < -0.3 is 4.74 Å². The van der Waals surface area contributed by atoms with Crippen molar-refractivity contribution in [2.24, 2.45) is 4.99 Å². The standard InChI is InChI=1S/C11H13NO2/c1-2-14-11-5-3-10(4-6-11)7-8-12-9-13/h3-6H,2,7-8H2,1H3. The van der Waals surface area contributed by atoms with Crippen molar-refractivity contribution in [3.63, 3.8) is 0 Å². The molecule has 0 fully saturated rings. The van der Waals surface area contributed by atoms with Crippen molar-refractivity contribution in [2.75, 3.05) is 13.2 Å². The molecular formula is C11H13NO2. The Morgan fingerprint density at radius 1 is 1.36 bits per heavy atom. The minimum atomic E-state index is 0.498. The molecule has 74 valence electrons. The fourth-order valence-electron chi connectivity index (χ4n) is 1.15. The second-order valence-corrected chi connectivity index (χ2v) is 2.80. The van der Waals surface area contributed by atoms with Gasteiger partial charge in [-0.15, -0.1) is 0 Å². The van der Waals surface area contributed by atoms with Crippen molar-refractivity contribution in [2.45, 2.75) is 13.3 Å². The molecule has 0 aromatic heterocycles. The third-order valence-corrected chi connectivity index (χ3v) is 1.81. The Balaban J connectivity index is 2.50. The number of nitrogens with zero attached hydrogens (tertiary/aromatic N) is 1. The Labute approximate surface area is 83.4 Å². The van der Waals surface area contributed by atoms with Gasteiger partial charge in [0.25, 0.3) is 0 Å². The molecule has 0 spiro atoms. The van der Waals surface area contributed by atoms with Gasteiger partial charge in [-0.3, -0.25) is 0 Å². The molecule has 0 aliphatic rings. The second-order valence-electron chi connectivity index (χ2n) is 2.80. The van der Waals surface area contributed by atoms with E-state index in [9.17, 15) is 4.79 Å². The van der Waals surface area contributed by atoms with Gasteiger partial charge in [0.2, 0.25) is 6.08 Å². The maximum absolute atomic E-state index is 9.82. The van der Waals surface area contributed by atoms with Crippen LogP contribution in [-0.4, -0.2) is 19.2 Å². The Hall–Kier alpha value is -1.60. The number of rotatable bonds is 5. The lowest BCUT2D eigenvalue weighted by molar-refractivity contribution is 0.340. The van der Waals surface area contributed by atoms with Crippen molar-refractivity contribution >= 4 is 6.08 Å². The molecule has 0 amide bonds. The lowest BCUT2D eigenvalue weighted by Crippen LogP contribution is -1.92. The molecule has 0 unspecified atom stereocenters. The van der Waals surface area contributed by atoms with Gasteiger partial charge >= 0.3 is 0 Å². The van der Waals surface area contributed by atoms with Gasteiger partial charge in [0, 0.05) is 0 Å². The number of hydrogen-bond donors (Lipinski definition) is 0. The van der Waals surface area contributed by atoms with E-state index >= 15 is 0 Å². The zero-order chi connectivity index (χ0) is 10.2. The predicted octanol–water partition coefficient (Wildman–Crippen LogP) is 1.96. The number of carbonyl (C=O) groups excluding carboxylic acids is 1. The van der Waals surface area contributed by atoms with E-state index < -0.39 is 0 Å². The first-order valence-corrected chi connectivity index (χ1v) is 4.62. The fourth-order valence-corrected chi connectivity index (χ4v) is 1.15. The third kappa shape index (κ3) is 3.42.